The van der Waals surface area contributed by atoms with Crippen LogP contribution in [0.1, 0.15) is 49.3 Å². The summed E-state index contributed by atoms with van der Waals surface area (Å²) in [7, 11) is 1.52. The molecule has 2 aromatic carbocycles. The molecule has 36 heavy (non-hydrogen) atoms. The number of hydrogen-bond donors (Lipinski definition) is 1. The maximum atomic E-state index is 13.9. The number of nitrogens with zero attached hydrogens (tertiary/aromatic N) is 2. The van der Waals surface area contributed by atoms with Gasteiger partial charge in [0.25, 0.3) is 0 Å². The number of ether oxygens (including phenoxy) is 1. The van der Waals surface area contributed by atoms with Gasteiger partial charge >= 0.3 is 0 Å². The van der Waals surface area contributed by atoms with Gasteiger partial charge < -0.3 is 15.0 Å². The Bertz CT molecular complexity index is 1270. The van der Waals surface area contributed by atoms with Crippen LogP contribution in [0.2, 0.25) is 5.02 Å². The lowest BCUT2D eigenvalue weighted by molar-refractivity contribution is -0.146. The molecule has 3 aliphatic heterocycles. The number of anilines is 1. The molecule has 1 aliphatic carbocycles. The average molecular weight is 506 g/mol. The number of imide groups is 1. The van der Waals surface area contributed by atoms with E-state index in [0.717, 1.165) is 43.2 Å². The lowest BCUT2D eigenvalue weighted by atomic mass is 9.84. The maximum absolute atomic E-state index is 13.9. The molecular weight excluding hydrogens is 478 g/mol. The number of carbonyl (C=O) groups excluding carboxylic acids is 3. The van der Waals surface area contributed by atoms with E-state index in [9.17, 15) is 14.4 Å². The van der Waals surface area contributed by atoms with Crippen LogP contribution in [0.4, 0.5) is 5.69 Å². The summed E-state index contributed by atoms with van der Waals surface area (Å²) in [4.78, 5) is 45.1. The number of rotatable bonds is 4. The number of likely N-dealkylation sites (tertiary alicyclic amines) is 1. The van der Waals surface area contributed by atoms with E-state index >= 15 is 0 Å². The van der Waals surface area contributed by atoms with E-state index in [1.165, 1.54) is 12.0 Å². The third kappa shape index (κ3) is 3.52. The normalized spacial score (nSPS) is 27.1. The number of carbonyl (C=O) groups is 3. The number of fused-ring (bicyclic) bond motifs is 5. The molecule has 0 unspecified atom stereocenters. The molecule has 0 spiro atoms. The molecule has 4 atom stereocenters. The van der Waals surface area contributed by atoms with Gasteiger partial charge in [-0.1, -0.05) is 55.1 Å². The molecule has 2 aromatic rings. The van der Waals surface area contributed by atoms with Crippen LogP contribution in [0, 0.1) is 11.8 Å². The third-order valence-corrected chi connectivity index (χ3v) is 8.36. The first-order valence-corrected chi connectivity index (χ1v) is 12.9. The second-order valence-electron chi connectivity index (χ2n) is 10.0. The smallest absolute Gasteiger partial charge is 0.248 e. The van der Waals surface area contributed by atoms with Crippen molar-refractivity contribution < 1.29 is 19.1 Å². The van der Waals surface area contributed by atoms with Crippen molar-refractivity contribution in [1.29, 1.82) is 0 Å². The van der Waals surface area contributed by atoms with E-state index in [-0.39, 0.29) is 29.8 Å². The minimum atomic E-state index is -0.835. The summed E-state index contributed by atoms with van der Waals surface area (Å²) in [5, 5.41) is 3.39. The summed E-state index contributed by atoms with van der Waals surface area (Å²) < 4.78 is 5.41. The molecule has 0 radical (unpaired) electrons. The summed E-state index contributed by atoms with van der Waals surface area (Å²) in [6.07, 6.45) is 8.61. The molecule has 2 saturated heterocycles. The van der Waals surface area contributed by atoms with E-state index in [4.69, 9.17) is 16.3 Å². The zero-order chi connectivity index (χ0) is 25.0. The van der Waals surface area contributed by atoms with Crippen molar-refractivity contribution in [2.24, 2.45) is 11.8 Å². The van der Waals surface area contributed by atoms with Crippen molar-refractivity contribution in [3.63, 3.8) is 0 Å². The molecule has 1 N–H and O–H groups in total. The van der Waals surface area contributed by atoms with Gasteiger partial charge in [0, 0.05) is 17.3 Å². The minimum absolute atomic E-state index is 0.0797. The highest BCUT2D eigenvalue weighted by Crippen LogP contribution is 2.53. The number of halogens is 1. The van der Waals surface area contributed by atoms with Crippen LogP contribution >= 0.6 is 11.6 Å². The van der Waals surface area contributed by atoms with Gasteiger partial charge in [-0.2, -0.15) is 0 Å². The molecule has 0 aromatic heterocycles. The highest BCUT2D eigenvalue weighted by atomic mass is 35.5. The Hall–Kier alpha value is -3.32. The molecule has 3 fully saturated rings. The fraction of sp³-hybridized carbons (Fsp3) is 0.393. The van der Waals surface area contributed by atoms with Gasteiger partial charge in [-0.15, -0.1) is 0 Å². The molecule has 6 rings (SSSR count). The Labute approximate surface area is 215 Å². The zero-order valence-corrected chi connectivity index (χ0v) is 20.8. The van der Waals surface area contributed by atoms with E-state index in [1.807, 2.05) is 41.4 Å². The van der Waals surface area contributed by atoms with Gasteiger partial charge in [-0.05, 0) is 48.2 Å². The standard InChI is InChI=1S/C28H28ClN3O4/c1-36-21-12-11-17(29)15-20(21)30-26(33)25-23-22(24-19-10-6-5-7-16(19)13-14-31(24)25)27(34)32(28(23)35)18-8-3-2-4-9-18/h5-7,10-15,18,22-25H,2-4,8-9H2,1H3,(H,30,33)/t22-,23-,24-,25+/m1/s1. The summed E-state index contributed by atoms with van der Waals surface area (Å²) in [5.74, 6) is -1.63. The zero-order valence-electron chi connectivity index (χ0n) is 20.0. The Morgan fingerprint density at radius 1 is 1.03 bits per heavy atom. The van der Waals surface area contributed by atoms with Crippen molar-refractivity contribution in [2.75, 3.05) is 12.4 Å². The monoisotopic (exact) mass is 505 g/mol. The molecule has 1 saturated carbocycles. The predicted octanol–water partition coefficient (Wildman–Crippen LogP) is 4.63. The van der Waals surface area contributed by atoms with Crippen molar-refractivity contribution in [1.82, 2.24) is 9.80 Å². The van der Waals surface area contributed by atoms with E-state index in [0.29, 0.717) is 16.5 Å². The summed E-state index contributed by atoms with van der Waals surface area (Å²) in [5.41, 5.74) is 2.40. The van der Waals surface area contributed by atoms with Crippen molar-refractivity contribution >= 4 is 41.1 Å². The number of nitrogens with one attached hydrogen (secondary N) is 1. The van der Waals surface area contributed by atoms with Gasteiger partial charge in [0.1, 0.15) is 11.8 Å². The molecule has 186 valence electrons. The van der Waals surface area contributed by atoms with Crippen LogP contribution in [-0.2, 0) is 14.4 Å². The first kappa shape index (κ1) is 23.1. The molecule has 3 amide bonds. The first-order valence-electron chi connectivity index (χ1n) is 12.6. The number of hydrogen-bond acceptors (Lipinski definition) is 5. The lowest BCUT2D eigenvalue weighted by Crippen LogP contribution is -2.49. The second kappa shape index (κ2) is 8.96. The Kier molecular flexibility index (Phi) is 5.75. The Morgan fingerprint density at radius 2 is 1.78 bits per heavy atom. The fourth-order valence-corrected chi connectivity index (χ4v) is 6.74. The second-order valence-corrected chi connectivity index (χ2v) is 10.4. The van der Waals surface area contributed by atoms with Gasteiger partial charge in [0.15, 0.2) is 0 Å². The van der Waals surface area contributed by atoms with Gasteiger partial charge in [0.2, 0.25) is 17.7 Å². The van der Waals surface area contributed by atoms with Gasteiger partial charge in [-0.25, -0.2) is 0 Å². The number of amides is 3. The largest absolute Gasteiger partial charge is 0.495 e. The van der Waals surface area contributed by atoms with Crippen molar-refractivity contribution in [3.8, 4) is 5.75 Å². The van der Waals surface area contributed by atoms with E-state index in [2.05, 4.69) is 5.32 Å². The van der Waals surface area contributed by atoms with Gasteiger partial charge in [-0.3, -0.25) is 19.3 Å². The molecule has 8 heteroatoms. The topological polar surface area (TPSA) is 79.0 Å². The lowest BCUT2D eigenvalue weighted by Gasteiger charge is -2.37. The highest BCUT2D eigenvalue weighted by molar-refractivity contribution is 6.31. The number of benzene rings is 2. The van der Waals surface area contributed by atoms with Crippen LogP contribution in [0.3, 0.4) is 0 Å². The van der Waals surface area contributed by atoms with Crippen LogP contribution in [0.5, 0.6) is 5.75 Å². The SMILES string of the molecule is COc1ccc(Cl)cc1NC(=O)[C@@H]1[C@@H]2C(=O)N(C3CCCCC3)C(=O)[C@H]2[C@H]2c3ccccc3C=CN12. The molecule has 0 bridgehead atoms. The van der Waals surface area contributed by atoms with E-state index < -0.39 is 17.9 Å². The fourth-order valence-electron chi connectivity index (χ4n) is 6.56. The first-order chi connectivity index (χ1) is 17.5. The van der Waals surface area contributed by atoms with Crippen LogP contribution < -0.4 is 10.1 Å². The summed E-state index contributed by atoms with van der Waals surface area (Å²) >= 11 is 6.19. The number of methoxy groups -OCH3 is 1. The molecule has 4 aliphatic rings. The van der Waals surface area contributed by atoms with Crippen LogP contribution in [0.25, 0.3) is 6.08 Å². The third-order valence-electron chi connectivity index (χ3n) is 8.12. The quantitative estimate of drug-likeness (QED) is 0.613. The minimum Gasteiger partial charge on any atom is -0.495 e. The van der Waals surface area contributed by atoms with Crippen molar-refractivity contribution in [2.45, 2.75) is 50.2 Å². The molecule has 7 nitrogen and oxygen atoms in total. The van der Waals surface area contributed by atoms with Crippen LogP contribution in [-0.4, -0.2) is 46.7 Å². The Balaban J connectivity index is 1.41. The molecular formula is C28H28ClN3O4. The highest BCUT2D eigenvalue weighted by Gasteiger charge is 2.65. The average Bonchev–Trinajstić information content (AvgIpc) is 3.37. The molecule has 3 heterocycles. The van der Waals surface area contributed by atoms with Crippen molar-refractivity contribution in [3.05, 3.63) is 64.8 Å². The Morgan fingerprint density at radius 3 is 2.56 bits per heavy atom. The summed E-state index contributed by atoms with van der Waals surface area (Å²) in [6.45, 7) is 0. The van der Waals surface area contributed by atoms with E-state index in [1.54, 1.807) is 18.2 Å². The van der Waals surface area contributed by atoms with Gasteiger partial charge in [0.05, 0.1) is 30.7 Å². The maximum Gasteiger partial charge on any atom is 0.248 e. The summed E-state index contributed by atoms with van der Waals surface area (Å²) in [6, 6.07) is 11.6. The predicted molar refractivity (Wildman–Crippen MR) is 136 cm³/mol. The van der Waals surface area contributed by atoms with Crippen LogP contribution in [0.15, 0.2) is 48.7 Å².